The van der Waals surface area contributed by atoms with Gasteiger partial charge in [-0.05, 0) is 70.6 Å². The van der Waals surface area contributed by atoms with E-state index >= 15 is 0 Å². The molecule has 0 saturated carbocycles. The smallest absolute Gasteiger partial charge is 0.220 e. The van der Waals surface area contributed by atoms with Gasteiger partial charge in [0.2, 0.25) is 5.91 Å². The lowest BCUT2D eigenvalue weighted by molar-refractivity contribution is -0.359. The van der Waals surface area contributed by atoms with Gasteiger partial charge in [-0.1, -0.05) is 247 Å². The summed E-state index contributed by atoms with van der Waals surface area (Å²) in [6.45, 7) is 2.63. The van der Waals surface area contributed by atoms with Crippen LogP contribution in [0.5, 0.6) is 0 Å². The number of nitrogens with one attached hydrogen (secondary N) is 1. The topological polar surface area (TPSA) is 228 Å². The first-order valence-corrected chi connectivity index (χ1v) is 32.3. The summed E-state index contributed by atoms with van der Waals surface area (Å²) in [5, 5.41) is 87.1. The standard InChI is InChI=1S/C67H117NO13/c1-3-5-7-9-11-13-15-17-19-21-22-23-24-25-26-27-28-29-30-31-32-33-35-36-38-40-42-44-46-48-50-56(71)55(68-59(72)51-49-47-45-43-41-39-37-34-20-18-16-14-12-10-8-6-4-2)54-78-66-64(77)62(75)65(58(53-70)80-66)81-67-63(76)61(74)60(73)57(52-69)79-67/h6,8,12,14,18,20,37,39-40,42-43,45,48,50,55-58,60-67,69-71,73-77H,3-5,7,9-11,13,15-17,19,21-36,38,41,44,46-47,49,51-54H2,1-2H3,(H,68,72)/b8-6-,14-12-,20-18-,39-37-,42-40+,45-43-,50-48+. The molecule has 2 saturated heterocycles. The highest BCUT2D eigenvalue weighted by Gasteiger charge is 2.51. The zero-order valence-electron chi connectivity index (χ0n) is 50.5. The van der Waals surface area contributed by atoms with E-state index in [1.807, 2.05) is 12.2 Å². The third kappa shape index (κ3) is 36.6. The molecule has 81 heavy (non-hydrogen) atoms. The number of carbonyl (C=O) groups is 1. The summed E-state index contributed by atoms with van der Waals surface area (Å²) >= 11 is 0. The summed E-state index contributed by atoms with van der Waals surface area (Å²) in [5.74, 6) is -0.307. The molecule has 2 fully saturated rings. The fourth-order valence-corrected chi connectivity index (χ4v) is 10.2. The van der Waals surface area contributed by atoms with Crippen LogP contribution in [0.15, 0.2) is 85.1 Å². The minimum Gasteiger partial charge on any atom is -0.394 e. The number of hydrogen-bond donors (Lipinski definition) is 9. The first-order valence-electron chi connectivity index (χ1n) is 32.3. The Morgan fingerprint density at radius 1 is 0.457 bits per heavy atom. The molecule has 2 heterocycles. The maximum absolute atomic E-state index is 13.2. The van der Waals surface area contributed by atoms with Gasteiger partial charge in [0.05, 0.1) is 32.0 Å². The van der Waals surface area contributed by atoms with Gasteiger partial charge >= 0.3 is 0 Å². The summed E-state index contributed by atoms with van der Waals surface area (Å²) in [4.78, 5) is 13.2. The average molecular weight is 1140 g/mol. The number of unbranched alkanes of at least 4 members (excludes halogenated alkanes) is 26. The quantitative estimate of drug-likeness (QED) is 0.0204. The Bertz CT molecular complexity index is 1680. The lowest BCUT2D eigenvalue weighted by Crippen LogP contribution is -2.65. The van der Waals surface area contributed by atoms with Crippen LogP contribution in [0.3, 0.4) is 0 Å². The molecule has 2 aliphatic heterocycles. The SMILES string of the molecule is CC/C=C\C/C=C\C/C=C\C/C=C\C/C=C\CCCC(=O)NC(COC1OC(CO)C(OC2OC(CO)C(O)C(O)C2O)C(O)C1O)C(O)/C=C/CC/C=C/CCCCCCCCCCCCCCCCCCCCCCCCCC. The van der Waals surface area contributed by atoms with Crippen LogP contribution in [-0.4, -0.2) is 140 Å². The van der Waals surface area contributed by atoms with Crippen LogP contribution in [-0.2, 0) is 23.7 Å². The predicted molar refractivity (Wildman–Crippen MR) is 327 cm³/mol. The molecule has 12 atom stereocenters. The second-order valence-corrected chi connectivity index (χ2v) is 22.5. The molecule has 0 aromatic rings. The number of amides is 1. The Morgan fingerprint density at radius 2 is 0.864 bits per heavy atom. The fraction of sp³-hybridized carbons (Fsp3) is 0.776. The van der Waals surface area contributed by atoms with Gasteiger partial charge in [0.25, 0.3) is 0 Å². The Kier molecular flexibility index (Phi) is 47.3. The predicted octanol–water partition coefficient (Wildman–Crippen LogP) is 12.1. The normalized spacial score (nSPS) is 24.7. The zero-order chi connectivity index (χ0) is 58.8. The maximum atomic E-state index is 13.2. The molecule has 0 aromatic heterocycles. The van der Waals surface area contributed by atoms with Crippen LogP contribution in [0.2, 0.25) is 0 Å². The van der Waals surface area contributed by atoms with Gasteiger partial charge in [0.1, 0.15) is 48.8 Å². The number of ether oxygens (including phenoxy) is 4. The highest BCUT2D eigenvalue weighted by Crippen LogP contribution is 2.30. The molecule has 0 spiro atoms. The van der Waals surface area contributed by atoms with E-state index in [2.05, 4.69) is 86.0 Å². The molecule has 2 aliphatic rings. The van der Waals surface area contributed by atoms with E-state index in [9.17, 15) is 45.6 Å². The molecule has 14 nitrogen and oxygen atoms in total. The van der Waals surface area contributed by atoms with E-state index in [-0.39, 0.29) is 18.9 Å². The highest BCUT2D eigenvalue weighted by molar-refractivity contribution is 5.76. The van der Waals surface area contributed by atoms with Crippen molar-refractivity contribution in [3.05, 3.63) is 85.1 Å². The molecule has 9 N–H and O–H groups in total. The zero-order valence-corrected chi connectivity index (χ0v) is 50.5. The molecule has 12 unspecified atom stereocenters. The van der Waals surface area contributed by atoms with Crippen LogP contribution in [0.25, 0.3) is 0 Å². The first kappa shape index (κ1) is 74.3. The third-order valence-corrected chi connectivity index (χ3v) is 15.3. The van der Waals surface area contributed by atoms with Crippen LogP contribution >= 0.6 is 0 Å². The van der Waals surface area contributed by atoms with E-state index < -0.39 is 86.8 Å². The van der Waals surface area contributed by atoms with Gasteiger partial charge < -0.3 is 65.1 Å². The number of rotatable bonds is 51. The molecule has 0 aliphatic carbocycles. The van der Waals surface area contributed by atoms with Crippen LogP contribution in [0.4, 0.5) is 0 Å². The molecule has 0 radical (unpaired) electrons. The monoisotopic (exact) mass is 1140 g/mol. The Hall–Kier alpha value is -2.83. The van der Waals surface area contributed by atoms with Gasteiger partial charge in [-0.2, -0.15) is 0 Å². The number of hydrogen-bond acceptors (Lipinski definition) is 13. The minimum atomic E-state index is -1.80. The molecule has 0 bridgehead atoms. The van der Waals surface area contributed by atoms with Crippen molar-refractivity contribution in [3.63, 3.8) is 0 Å². The van der Waals surface area contributed by atoms with Crippen LogP contribution in [0, 0.1) is 0 Å². The average Bonchev–Trinajstić information content (AvgIpc) is 3.47. The Balaban J connectivity index is 1.73. The summed E-state index contributed by atoms with van der Waals surface area (Å²) in [5.41, 5.74) is 0. The van der Waals surface area contributed by atoms with Crippen LogP contribution in [0.1, 0.15) is 239 Å². The van der Waals surface area contributed by atoms with Gasteiger partial charge in [0.15, 0.2) is 12.6 Å². The third-order valence-electron chi connectivity index (χ3n) is 15.3. The molecule has 1 amide bonds. The molecule has 14 heteroatoms. The van der Waals surface area contributed by atoms with Gasteiger partial charge in [-0.25, -0.2) is 0 Å². The lowest BCUT2D eigenvalue weighted by atomic mass is 9.97. The number of aliphatic hydroxyl groups is 8. The van der Waals surface area contributed by atoms with Crippen molar-refractivity contribution in [3.8, 4) is 0 Å². The molecule has 0 aromatic carbocycles. The van der Waals surface area contributed by atoms with E-state index in [0.29, 0.717) is 19.3 Å². The summed E-state index contributed by atoms with van der Waals surface area (Å²) < 4.78 is 22.7. The van der Waals surface area contributed by atoms with E-state index in [1.54, 1.807) is 6.08 Å². The van der Waals surface area contributed by atoms with Crippen molar-refractivity contribution >= 4 is 5.91 Å². The number of aliphatic hydroxyl groups excluding tert-OH is 8. The fourth-order valence-electron chi connectivity index (χ4n) is 10.2. The molecule has 468 valence electrons. The molecule has 2 rings (SSSR count). The van der Waals surface area contributed by atoms with Gasteiger partial charge in [-0.3, -0.25) is 4.79 Å². The Morgan fingerprint density at radius 3 is 1.36 bits per heavy atom. The summed E-state index contributed by atoms with van der Waals surface area (Å²) in [6, 6.07) is -0.967. The van der Waals surface area contributed by atoms with Crippen LogP contribution < -0.4 is 5.32 Å². The number of carbonyl (C=O) groups excluding carboxylic acids is 1. The van der Waals surface area contributed by atoms with Crippen molar-refractivity contribution in [1.82, 2.24) is 5.32 Å². The molecular weight excluding hydrogens is 1030 g/mol. The summed E-state index contributed by atoms with van der Waals surface area (Å²) in [6.07, 6.45) is 53.7. The van der Waals surface area contributed by atoms with Crippen molar-refractivity contribution in [2.45, 2.75) is 312 Å². The van der Waals surface area contributed by atoms with Gasteiger partial charge in [-0.15, -0.1) is 0 Å². The second kappa shape index (κ2) is 51.6. The van der Waals surface area contributed by atoms with Crippen molar-refractivity contribution in [2.24, 2.45) is 0 Å². The maximum Gasteiger partial charge on any atom is 0.220 e. The van der Waals surface area contributed by atoms with E-state index in [1.165, 1.54) is 154 Å². The van der Waals surface area contributed by atoms with Crippen molar-refractivity contribution in [2.75, 3.05) is 19.8 Å². The van der Waals surface area contributed by atoms with E-state index in [0.717, 1.165) is 44.9 Å². The first-order chi connectivity index (χ1) is 39.6. The number of allylic oxidation sites excluding steroid dienone is 13. The second-order valence-electron chi connectivity index (χ2n) is 22.5. The minimum absolute atomic E-state index is 0.191. The largest absolute Gasteiger partial charge is 0.394 e. The van der Waals surface area contributed by atoms with Crippen molar-refractivity contribution in [1.29, 1.82) is 0 Å². The van der Waals surface area contributed by atoms with E-state index in [4.69, 9.17) is 18.9 Å². The van der Waals surface area contributed by atoms with Gasteiger partial charge in [0, 0.05) is 6.42 Å². The molecular formula is C67H117NO13. The highest BCUT2D eigenvalue weighted by atomic mass is 16.7. The van der Waals surface area contributed by atoms with Crippen molar-refractivity contribution < 1.29 is 64.6 Å². The lowest BCUT2D eigenvalue weighted by Gasteiger charge is -2.46. The summed E-state index contributed by atoms with van der Waals surface area (Å²) in [7, 11) is 0. The Labute approximate surface area is 491 Å².